The zero-order valence-corrected chi connectivity index (χ0v) is 11.9. The lowest BCUT2D eigenvalue weighted by Gasteiger charge is -2.25. The number of hydrogen-bond acceptors (Lipinski definition) is 4. The third kappa shape index (κ3) is 5.10. The maximum absolute atomic E-state index is 12.0. The molecule has 0 aromatic carbocycles. The van der Waals surface area contributed by atoms with Crippen LogP contribution in [0.25, 0.3) is 0 Å². The van der Waals surface area contributed by atoms with Gasteiger partial charge in [-0.25, -0.2) is 0 Å². The molecule has 108 valence electrons. The molecule has 0 radical (unpaired) electrons. The number of methoxy groups -OCH3 is 1. The van der Waals surface area contributed by atoms with E-state index in [9.17, 15) is 4.79 Å². The van der Waals surface area contributed by atoms with Gasteiger partial charge in [-0.3, -0.25) is 4.79 Å². The van der Waals surface area contributed by atoms with Gasteiger partial charge in [-0.2, -0.15) is 0 Å². The van der Waals surface area contributed by atoms with Gasteiger partial charge < -0.3 is 20.5 Å². The molecule has 0 heterocycles. The van der Waals surface area contributed by atoms with Crippen LogP contribution in [0.5, 0.6) is 0 Å². The predicted octanol–water partition coefficient (Wildman–Crippen LogP) is 0.707. The molecular weight excluding hydrogens is 256 g/mol. The van der Waals surface area contributed by atoms with Crippen LogP contribution in [0.2, 0.25) is 0 Å². The van der Waals surface area contributed by atoms with Crippen molar-refractivity contribution in [3.05, 3.63) is 0 Å². The molecule has 0 aromatic rings. The maximum atomic E-state index is 12.0. The highest BCUT2D eigenvalue weighted by Gasteiger charge is 2.39. The average Bonchev–Trinajstić information content (AvgIpc) is 2.83. The largest absolute Gasteiger partial charge is 0.382 e. The molecule has 1 rings (SSSR count). The zero-order chi connectivity index (χ0) is 12.6. The lowest BCUT2D eigenvalue weighted by Crippen LogP contribution is -2.45. The van der Waals surface area contributed by atoms with Crippen molar-refractivity contribution in [3.63, 3.8) is 0 Å². The van der Waals surface area contributed by atoms with Gasteiger partial charge in [0.15, 0.2) is 0 Å². The Hall–Kier alpha value is -0.360. The summed E-state index contributed by atoms with van der Waals surface area (Å²) in [6.07, 6.45) is 4.05. The Morgan fingerprint density at radius 3 is 2.50 bits per heavy atom. The Morgan fingerprint density at radius 2 is 1.94 bits per heavy atom. The van der Waals surface area contributed by atoms with Gasteiger partial charge in [-0.15, -0.1) is 12.4 Å². The topological polar surface area (TPSA) is 73.6 Å². The first kappa shape index (κ1) is 17.6. The van der Waals surface area contributed by atoms with E-state index in [1.54, 1.807) is 7.11 Å². The molecule has 0 aliphatic heterocycles. The van der Waals surface area contributed by atoms with Crippen LogP contribution in [-0.4, -0.2) is 45.9 Å². The Balaban J connectivity index is 0.00000289. The van der Waals surface area contributed by atoms with Crippen LogP contribution in [0.15, 0.2) is 0 Å². The minimum Gasteiger partial charge on any atom is -0.382 e. The highest BCUT2D eigenvalue weighted by atomic mass is 35.5. The van der Waals surface area contributed by atoms with E-state index in [-0.39, 0.29) is 23.7 Å². The van der Waals surface area contributed by atoms with Crippen LogP contribution < -0.4 is 11.1 Å². The van der Waals surface area contributed by atoms with Crippen molar-refractivity contribution in [3.8, 4) is 0 Å². The van der Waals surface area contributed by atoms with Gasteiger partial charge in [0, 0.05) is 20.2 Å². The van der Waals surface area contributed by atoms with Gasteiger partial charge in [0.25, 0.3) is 0 Å². The number of nitrogens with one attached hydrogen (secondary N) is 1. The highest BCUT2D eigenvalue weighted by molar-refractivity contribution is 5.85. The van der Waals surface area contributed by atoms with Crippen molar-refractivity contribution in [1.82, 2.24) is 5.32 Å². The van der Waals surface area contributed by atoms with Gasteiger partial charge in [-0.05, 0) is 12.8 Å². The fourth-order valence-corrected chi connectivity index (χ4v) is 2.24. The molecule has 6 heteroatoms. The molecule has 0 bridgehead atoms. The molecule has 5 nitrogen and oxygen atoms in total. The van der Waals surface area contributed by atoms with Crippen LogP contribution in [0.3, 0.4) is 0 Å². The number of hydrogen-bond donors (Lipinski definition) is 2. The molecular formula is C12H25ClN2O3. The van der Waals surface area contributed by atoms with Crippen LogP contribution in [0, 0.1) is 5.41 Å². The lowest BCUT2D eigenvalue weighted by molar-refractivity contribution is -0.130. The minimum atomic E-state index is -0.313. The summed E-state index contributed by atoms with van der Waals surface area (Å²) in [5.41, 5.74) is 5.42. The van der Waals surface area contributed by atoms with E-state index in [0.29, 0.717) is 32.9 Å². The fraction of sp³-hybridized carbons (Fsp3) is 0.917. The Labute approximate surface area is 115 Å². The van der Waals surface area contributed by atoms with Gasteiger partial charge in [0.05, 0.1) is 25.2 Å². The quantitative estimate of drug-likeness (QED) is 0.642. The van der Waals surface area contributed by atoms with Gasteiger partial charge in [0.1, 0.15) is 0 Å². The molecule has 0 atom stereocenters. The first-order chi connectivity index (χ1) is 8.25. The monoisotopic (exact) mass is 280 g/mol. The van der Waals surface area contributed by atoms with Crippen molar-refractivity contribution < 1.29 is 14.3 Å². The van der Waals surface area contributed by atoms with E-state index in [1.165, 1.54) is 0 Å². The normalized spacial score (nSPS) is 17.2. The first-order valence-corrected chi connectivity index (χ1v) is 6.30. The second kappa shape index (κ2) is 9.55. The summed E-state index contributed by atoms with van der Waals surface area (Å²) in [6.45, 7) is 2.67. The molecule has 0 saturated heterocycles. The van der Waals surface area contributed by atoms with Crippen LogP contribution in [0.4, 0.5) is 0 Å². The van der Waals surface area contributed by atoms with Crippen molar-refractivity contribution in [2.45, 2.75) is 25.7 Å². The summed E-state index contributed by atoms with van der Waals surface area (Å²) >= 11 is 0. The fourth-order valence-electron chi connectivity index (χ4n) is 2.24. The average molecular weight is 281 g/mol. The van der Waals surface area contributed by atoms with Crippen molar-refractivity contribution >= 4 is 18.3 Å². The lowest BCUT2D eigenvalue weighted by atomic mass is 9.85. The number of amides is 1. The molecule has 0 spiro atoms. The standard InChI is InChI=1S/C12H24N2O3.ClH/c1-16-8-9-17-7-6-14-11(15)12(10-13)4-2-3-5-12;/h2-10,13H2,1H3,(H,14,15);1H. The molecule has 1 amide bonds. The number of halogens is 1. The van der Waals surface area contributed by atoms with Gasteiger partial charge in [-0.1, -0.05) is 12.8 Å². The third-order valence-electron chi connectivity index (χ3n) is 3.40. The first-order valence-electron chi connectivity index (χ1n) is 6.30. The van der Waals surface area contributed by atoms with Crippen molar-refractivity contribution in [1.29, 1.82) is 0 Å². The van der Waals surface area contributed by atoms with Gasteiger partial charge in [0.2, 0.25) is 5.91 Å². The number of carbonyl (C=O) groups excluding carboxylic acids is 1. The summed E-state index contributed by atoms with van der Waals surface area (Å²) < 4.78 is 10.1. The Kier molecular flexibility index (Phi) is 9.36. The van der Waals surface area contributed by atoms with E-state index in [4.69, 9.17) is 15.2 Å². The molecule has 1 fully saturated rings. The van der Waals surface area contributed by atoms with E-state index < -0.39 is 0 Å². The van der Waals surface area contributed by atoms with E-state index in [1.807, 2.05) is 0 Å². The summed E-state index contributed by atoms with van der Waals surface area (Å²) in [4.78, 5) is 12.0. The predicted molar refractivity (Wildman–Crippen MR) is 72.9 cm³/mol. The van der Waals surface area contributed by atoms with Crippen molar-refractivity contribution in [2.75, 3.05) is 40.0 Å². The summed E-state index contributed by atoms with van der Waals surface area (Å²) in [5, 5.41) is 2.91. The van der Waals surface area contributed by atoms with Gasteiger partial charge >= 0.3 is 0 Å². The number of ether oxygens (including phenoxy) is 2. The highest BCUT2D eigenvalue weighted by Crippen LogP contribution is 2.37. The number of carbonyl (C=O) groups is 1. The number of rotatable bonds is 8. The van der Waals surface area contributed by atoms with E-state index >= 15 is 0 Å². The molecule has 1 aliphatic carbocycles. The molecule has 0 aromatic heterocycles. The molecule has 1 saturated carbocycles. The summed E-state index contributed by atoms with van der Waals surface area (Å²) in [7, 11) is 1.64. The number of nitrogens with two attached hydrogens (primary N) is 1. The van der Waals surface area contributed by atoms with Crippen LogP contribution in [-0.2, 0) is 14.3 Å². The Bertz CT molecular complexity index is 233. The summed E-state index contributed by atoms with van der Waals surface area (Å²) in [5.74, 6) is 0.0906. The molecule has 3 N–H and O–H groups in total. The summed E-state index contributed by atoms with van der Waals surface area (Å²) in [6, 6.07) is 0. The van der Waals surface area contributed by atoms with E-state index in [0.717, 1.165) is 25.7 Å². The second-order valence-electron chi connectivity index (χ2n) is 4.55. The van der Waals surface area contributed by atoms with Crippen LogP contribution >= 0.6 is 12.4 Å². The third-order valence-corrected chi connectivity index (χ3v) is 3.40. The maximum Gasteiger partial charge on any atom is 0.227 e. The van der Waals surface area contributed by atoms with Crippen molar-refractivity contribution in [2.24, 2.45) is 11.1 Å². The molecule has 1 aliphatic rings. The zero-order valence-electron chi connectivity index (χ0n) is 11.1. The smallest absolute Gasteiger partial charge is 0.227 e. The van der Waals surface area contributed by atoms with Crippen LogP contribution in [0.1, 0.15) is 25.7 Å². The minimum absolute atomic E-state index is 0. The second-order valence-corrected chi connectivity index (χ2v) is 4.55. The Morgan fingerprint density at radius 1 is 1.28 bits per heavy atom. The molecule has 0 unspecified atom stereocenters. The molecule has 18 heavy (non-hydrogen) atoms. The van der Waals surface area contributed by atoms with E-state index in [2.05, 4.69) is 5.32 Å². The SMILES string of the molecule is COCCOCCNC(=O)C1(CN)CCCC1.Cl.